The van der Waals surface area contributed by atoms with E-state index in [1.165, 1.54) is 0 Å². The second-order valence-corrected chi connectivity index (χ2v) is 4.90. The third kappa shape index (κ3) is 2.82. The van der Waals surface area contributed by atoms with E-state index in [1.54, 1.807) is 4.90 Å². The molecule has 5 heteroatoms. The van der Waals surface area contributed by atoms with Crippen molar-refractivity contribution >= 4 is 6.09 Å². The number of carbonyl (C=O) groups is 1. The number of hydrogen-bond donors (Lipinski definition) is 2. The second kappa shape index (κ2) is 4.37. The van der Waals surface area contributed by atoms with Gasteiger partial charge in [-0.1, -0.05) is 0 Å². The predicted molar refractivity (Wildman–Crippen MR) is 58.4 cm³/mol. The summed E-state index contributed by atoms with van der Waals surface area (Å²) >= 11 is 0. The van der Waals surface area contributed by atoms with Gasteiger partial charge in [-0.2, -0.15) is 0 Å². The quantitative estimate of drug-likeness (QED) is 0.693. The van der Waals surface area contributed by atoms with E-state index < -0.39 is 5.60 Å². The number of carbonyl (C=O) groups excluding carboxylic acids is 1. The zero-order valence-electron chi connectivity index (χ0n) is 9.69. The number of hydrogen-bond acceptors (Lipinski definition) is 4. The summed E-state index contributed by atoms with van der Waals surface area (Å²) in [6.45, 7) is 6.48. The summed E-state index contributed by atoms with van der Waals surface area (Å²) < 4.78 is 5.28. The fraction of sp³-hybridized carbons (Fsp3) is 0.900. The second-order valence-electron chi connectivity index (χ2n) is 4.90. The lowest BCUT2D eigenvalue weighted by Crippen LogP contribution is -2.64. The monoisotopic (exact) mass is 215 g/mol. The van der Waals surface area contributed by atoms with Crippen molar-refractivity contribution in [2.75, 3.05) is 13.1 Å². The summed E-state index contributed by atoms with van der Waals surface area (Å²) in [7, 11) is 0. The van der Waals surface area contributed by atoms with Crippen LogP contribution in [0.1, 0.15) is 27.2 Å². The fourth-order valence-corrected chi connectivity index (χ4v) is 1.73. The van der Waals surface area contributed by atoms with E-state index in [0.29, 0.717) is 13.1 Å². The normalized spacial score (nSPS) is 26.1. The molecule has 0 bridgehead atoms. The highest BCUT2D eigenvalue weighted by Crippen LogP contribution is 2.26. The molecule has 1 aliphatic heterocycles. The van der Waals surface area contributed by atoms with Crippen molar-refractivity contribution in [1.29, 1.82) is 0 Å². The Bertz CT molecular complexity index is 227. The van der Waals surface area contributed by atoms with E-state index in [-0.39, 0.29) is 18.2 Å². The number of nitrogens with two attached hydrogens (primary N) is 2. The van der Waals surface area contributed by atoms with Crippen molar-refractivity contribution < 1.29 is 9.53 Å². The molecule has 0 aliphatic carbocycles. The van der Waals surface area contributed by atoms with Crippen LogP contribution in [-0.2, 0) is 4.74 Å². The van der Waals surface area contributed by atoms with Crippen molar-refractivity contribution in [3.63, 3.8) is 0 Å². The molecule has 1 rings (SSSR count). The molecule has 4 N–H and O–H groups in total. The highest BCUT2D eigenvalue weighted by molar-refractivity contribution is 5.70. The van der Waals surface area contributed by atoms with Crippen LogP contribution in [0.4, 0.5) is 4.79 Å². The maximum absolute atomic E-state index is 11.8. The third-order valence-corrected chi connectivity index (χ3v) is 2.48. The Labute approximate surface area is 90.7 Å². The van der Waals surface area contributed by atoms with E-state index in [4.69, 9.17) is 16.2 Å². The molecule has 0 radical (unpaired) electrons. The maximum Gasteiger partial charge on any atom is 0.410 e. The number of amides is 1. The molecule has 1 aliphatic rings. The third-order valence-electron chi connectivity index (χ3n) is 2.48. The molecule has 0 saturated carbocycles. The molecule has 0 unspecified atom stereocenters. The Kier molecular flexibility index (Phi) is 3.57. The maximum atomic E-state index is 11.8. The Morgan fingerprint density at radius 1 is 1.33 bits per heavy atom. The van der Waals surface area contributed by atoms with Crippen molar-refractivity contribution in [3.05, 3.63) is 0 Å². The molecule has 1 saturated heterocycles. The summed E-state index contributed by atoms with van der Waals surface area (Å²) in [5.74, 6) is 0. The number of ether oxygens (including phenoxy) is 1. The van der Waals surface area contributed by atoms with Gasteiger partial charge in [0.25, 0.3) is 0 Å². The van der Waals surface area contributed by atoms with Crippen molar-refractivity contribution in [1.82, 2.24) is 4.90 Å². The number of rotatable bonds is 2. The lowest BCUT2D eigenvalue weighted by Gasteiger charge is -2.47. The first-order valence-corrected chi connectivity index (χ1v) is 5.30. The lowest BCUT2D eigenvalue weighted by molar-refractivity contribution is -0.0268. The van der Waals surface area contributed by atoms with Crippen LogP contribution in [0.3, 0.4) is 0 Å². The molecule has 0 spiro atoms. The Morgan fingerprint density at radius 2 is 1.80 bits per heavy atom. The van der Waals surface area contributed by atoms with Crippen LogP contribution in [0.5, 0.6) is 0 Å². The summed E-state index contributed by atoms with van der Waals surface area (Å²) in [5, 5.41) is 0. The minimum atomic E-state index is -0.467. The van der Waals surface area contributed by atoms with E-state index in [0.717, 1.165) is 6.42 Å². The van der Waals surface area contributed by atoms with E-state index in [1.807, 2.05) is 20.8 Å². The van der Waals surface area contributed by atoms with Crippen LogP contribution >= 0.6 is 0 Å². The Morgan fingerprint density at radius 3 is 2.13 bits per heavy atom. The van der Waals surface area contributed by atoms with Gasteiger partial charge in [0.1, 0.15) is 5.60 Å². The summed E-state index contributed by atoms with van der Waals surface area (Å²) in [6, 6.07) is 0.182. The molecule has 2 atom stereocenters. The lowest BCUT2D eigenvalue weighted by atomic mass is 9.93. The molecule has 1 fully saturated rings. The highest BCUT2D eigenvalue weighted by atomic mass is 16.6. The number of nitrogens with zero attached hydrogens (tertiary/aromatic N) is 1. The minimum Gasteiger partial charge on any atom is -0.444 e. The van der Waals surface area contributed by atoms with Crippen LogP contribution < -0.4 is 11.5 Å². The van der Waals surface area contributed by atoms with Gasteiger partial charge in [-0.25, -0.2) is 4.79 Å². The van der Waals surface area contributed by atoms with Gasteiger partial charge in [-0.3, -0.25) is 4.90 Å². The van der Waals surface area contributed by atoms with Crippen molar-refractivity contribution in [3.8, 4) is 0 Å². The molecule has 15 heavy (non-hydrogen) atoms. The van der Waals surface area contributed by atoms with Gasteiger partial charge in [0.15, 0.2) is 0 Å². The Balaban J connectivity index is 2.56. The van der Waals surface area contributed by atoms with Crippen LogP contribution in [-0.4, -0.2) is 41.8 Å². The molecule has 1 heterocycles. The smallest absolute Gasteiger partial charge is 0.410 e. The minimum absolute atomic E-state index is 0.0911. The average Bonchev–Trinajstić information content (AvgIpc) is 1.99. The van der Waals surface area contributed by atoms with Gasteiger partial charge in [0.2, 0.25) is 0 Å². The van der Waals surface area contributed by atoms with Gasteiger partial charge >= 0.3 is 6.09 Å². The van der Waals surface area contributed by atoms with E-state index in [9.17, 15) is 4.79 Å². The van der Waals surface area contributed by atoms with Gasteiger partial charge in [-0.05, 0) is 27.2 Å². The van der Waals surface area contributed by atoms with Crippen LogP contribution in [0, 0.1) is 0 Å². The molecule has 5 nitrogen and oxygen atoms in total. The molecule has 88 valence electrons. The van der Waals surface area contributed by atoms with Crippen LogP contribution in [0.25, 0.3) is 0 Å². The van der Waals surface area contributed by atoms with E-state index >= 15 is 0 Å². The molecule has 0 aromatic carbocycles. The summed E-state index contributed by atoms with van der Waals surface area (Å²) in [5.41, 5.74) is 10.6. The van der Waals surface area contributed by atoms with Crippen molar-refractivity contribution in [2.24, 2.45) is 11.5 Å². The molecule has 1 amide bonds. The van der Waals surface area contributed by atoms with Gasteiger partial charge in [-0.15, -0.1) is 0 Å². The summed E-state index contributed by atoms with van der Waals surface area (Å²) in [6.07, 6.45) is 0.575. The fourth-order valence-electron chi connectivity index (χ4n) is 1.73. The average molecular weight is 215 g/mol. The largest absolute Gasteiger partial charge is 0.444 e. The number of likely N-dealkylation sites (tertiary alicyclic amines) is 1. The molecular formula is C10H21N3O2. The summed E-state index contributed by atoms with van der Waals surface area (Å²) in [4.78, 5) is 13.4. The van der Waals surface area contributed by atoms with Crippen LogP contribution in [0.2, 0.25) is 0 Å². The topological polar surface area (TPSA) is 81.6 Å². The highest BCUT2D eigenvalue weighted by Gasteiger charge is 2.41. The standard InChI is InChI=1S/C10H21N3O2/c1-10(2,3)15-9(14)13-7(5-11)4-8(13)6-12/h7-8H,4-6,11-12H2,1-3H3/t7-,8+. The van der Waals surface area contributed by atoms with Gasteiger partial charge in [0.05, 0.1) is 0 Å². The van der Waals surface area contributed by atoms with Crippen molar-refractivity contribution in [2.45, 2.75) is 44.9 Å². The Hall–Kier alpha value is -0.810. The first-order valence-electron chi connectivity index (χ1n) is 5.30. The predicted octanol–water partition coefficient (Wildman–Crippen LogP) is 0.282. The van der Waals surface area contributed by atoms with Gasteiger partial charge < -0.3 is 16.2 Å². The SMILES string of the molecule is CC(C)(C)OC(=O)N1[C@H](CN)C[C@@H]1CN. The molecule has 0 aromatic rings. The zero-order chi connectivity index (χ0) is 11.6. The first-order chi connectivity index (χ1) is 6.89. The van der Waals surface area contributed by atoms with E-state index in [2.05, 4.69) is 0 Å². The molecule has 0 aromatic heterocycles. The zero-order valence-corrected chi connectivity index (χ0v) is 9.69. The molecular weight excluding hydrogens is 194 g/mol. The van der Waals surface area contributed by atoms with Gasteiger partial charge in [0, 0.05) is 25.2 Å². The first kappa shape index (κ1) is 12.3. The van der Waals surface area contributed by atoms with Crippen LogP contribution in [0.15, 0.2) is 0 Å².